The first-order valence-electron chi connectivity index (χ1n) is 8.67. The Balaban J connectivity index is 1.54. The van der Waals surface area contributed by atoms with Crippen molar-refractivity contribution in [1.82, 2.24) is 10.2 Å². The summed E-state index contributed by atoms with van der Waals surface area (Å²) < 4.78 is 19.2. The predicted octanol–water partition coefficient (Wildman–Crippen LogP) is 2.99. The molecule has 2 heterocycles. The maximum Gasteiger partial charge on any atom is 0.224 e. The maximum absolute atomic E-state index is 13.8. The molecule has 132 valence electrons. The molecule has 2 aliphatic rings. The van der Waals surface area contributed by atoms with Gasteiger partial charge in [-0.3, -0.25) is 9.69 Å². The second kappa shape index (κ2) is 8.28. The molecule has 2 saturated heterocycles. The summed E-state index contributed by atoms with van der Waals surface area (Å²) in [5.74, 6) is -0.423. The number of carbonyl (C=O) groups is 1. The number of benzene rings is 1. The molecule has 0 saturated carbocycles. The Hall–Kier alpha value is -1.17. The van der Waals surface area contributed by atoms with Crippen LogP contribution in [0, 0.1) is 11.7 Å². The molecule has 0 spiro atoms. The molecule has 1 N–H and O–H groups in total. The topological polar surface area (TPSA) is 41.6 Å². The van der Waals surface area contributed by atoms with Crippen molar-refractivity contribution in [3.63, 3.8) is 0 Å². The van der Waals surface area contributed by atoms with Crippen LogP contribution in [0.25, 0.3) is 0 Å². The molecule has 0 radical (unpaired) electrons. The lowest BCUT2D eigenvalue weighted by molar-refractivity contribution is -0.127. The van der Waals surface area contributed by atoms with Crippen LogP contribution < -0.4 is 5.32 Å². The van der Waals surface area contributed by atoms with Crippen LogP contribution in [0.2, 0.25) is 5.02 Å². The molecule has 1 atom stereocenters. The van der Waals surface area contributed by atoms with Gasteiger partial charge in [0.2, 0.25) is 5.91 Å². The number of carbonyl (C=O) groups excluding carboxylic acids is 1. The first-order valence-corrected chi connectivity index (χ1v) is 9.05. The molecule has 0 aliphatic carbocycles. The van der Waals surface area contributed by atoms with Crippen LogP contribution in [0.4, 0.5) is 4.39 Å². The minimum atomic E-state index is -0.379. The summed E-state index contributed by atoms with van der Waals surface area (Å²) in [6, 6.07) is 5.09. The number of piperidine rings is 1. The monoisotopic (exact) mass is 354 g/mol. The molecule has 1 aromatic rings. The van der Waals surface area contributed by atoms with Gasteiger partial charge in [-0.05, 0) is 44.4 Å². The van der Waals surface area contributed by atoms with Crippen LogP contribution in [0.5, 0.6) is 0 Å². The lowest BCUT2D eigenvalue weighted by Crippen LogP contribution is -2.48. The van der Waals surface area contributed by atoms with E-state index < -0.39 is 0 Å². The van der Waals surface area contributed by atoms with Crippen molar-refractivity contribution >= 4 is 17.5 Å². The highest BCUT2D eigenvalue weighted by molar-refractivity contribution is 6.31. The van der Waals surface area contributed by atoms with Crippen molar-refractivity contribution in [3.05, 3.63) is 34.6 Å². The normalized spacial score (nSPS) is 23.2. The Kier molecular flexibility index (Phi) is 6.09. The van der Waals surface area contributed by atoms with Crippen molar-refractivity contribution in [2.75, 3.05) is 26.3 Å². The number of hydrogen-bond donors (Lipinski definition) is 1. The standard InChI is InChI=1S/C18H24ClFN2O2/c19-16-4-1-5-17(20)15(16)11-21-18(23)13-3-2-8-22(12-13)14-6-9-24-10-7-14/h1,4-5,13-14H,2-3,6-12H2,(H,21,23). The summed E-state index contributed by atoms with van der Waals surface area (Å²) in [7, 11) is 0. The average Bonchev–Trinajstić information content (AvgIpc) is 2.62. The van der Waals surface area contributed by atoms with Crippen LogP contribution in [-0.2, 0) is 16.1 Å². The number of hydrogen-bond acceptors (Lipinski definition) is 3. The van der Waals surface area contributed by atoms with Gasteiger partial charge >= 0.3 is 0 Å². The Labute approximate surface area is 147 Å². The van der Waals surface area contributed by atoms with Crippen molar-refractivity contribution in [2.45, 2.75) is 38.3 Å². The number of ether oxygens (including phenoxy) is 1. The van der Waals surface area contributed by atoms with Gasteiger partial charge in [-0.15, -0.1) is 0 Å². The molecule has 2 aliphatic heterocycles. The molecular formula is C18H24ClFN2O2. The van der Waals surface area contributed by atoms with Crippen LogP contribution in [0.15, 0.2) is 18.2 Å². The minimum absolute atomic E-state index is 0.00826. The highest BCUT2D eigenvalue weighted by atomic mass is 35.5. The van der Waals surface area contributed by atoms with Crippen molar-refractivity contribution < 1.29 is 13.9 Å². The van der Waals surface area contributed by atoms with Crippen molar-refractivity contribution in [2.24, 2.45) is 5.92 Å². The van der Waals surface area contributed by atoms with E-state index in [9.17, 15) is 9.18 Å². The van der Waals surface area contributed by atoms with Gasteiger partial charge in [-0.1, -0.05) is 17.7 Å². The molecule has 1 unspecified atom stereocenters. The highest BCUT2D eigenvalue weighted by Crippen LogP contribution is 2.24. The van der Waals surface area contributed by atoms with Crippen LogP contribution >= 0.6 is 11.6 Å². The molecule has 0 aromatic heterocycles. The second-order valence-corrected chi connectivity index (χ2v) is 7.00. The Morgan fingerprint density at radius 3 is 2.88 bits per heavy atom. The lowest BCUT2D eigenvalue weighted by atomic mass is 9.94. The van der Waals surface area contributed by atoms with Gasteiger partial charge in [0.25, 0.3) is 0 Å². The third kappa shape index (κ3) is 4.26. The molecule has 0 bridgehead atoms. The average molecular weight is 355 g/mol. The van der Waals surface area contributed by atoms with Gasteiger partial charge < -0.3 is 10.1 Å². The fourth-order valence-electron chi connectivity index (χ4n) is 3.62. The molecule has 6 heteroatoms. The number of rotatable bonds is 4. The van der Waals surface area contributed by atoms with E-state index in [-0.39, 0.29) is 24.2 Å². The zero-order chi connectivity index (χ0) is 16.9. The molecule has 1 aromatic carbocycles. The third-order valence-electron chi connectivity index (χ3n) is 5.03. The van der Waals surface area contributed by atoms with Gasteiger partial charge in [0, 0.05) is 42.9 Å². The van der Waals surface area contributed by atoms with E-state index in [0.717, 1.165) is 52.0 Å². The van der Waals surface area contributed by atoms with E-state index in [2.05, 4.69) is 10.2 Å². The van der Waals surface area contributed by atoms with Gasteiger partial charge in [-0.2, -0.15) is 0 Å². The molecular weight excluding hydrogens is 331 g/mol. The quantitative estimate of drug-likeness (QED) is 0.903. The predicted molar refractivity (Wildman–Crippen MR) is 91.4 cm³/mol. The van der Waals surface area contributed by atoms with E-state index in [0.29, 0.717) is 16.6 Å². The number of halogens is 2. The lowest BCUT2D eigenvalue weighted by Gasteiger charge is -2.39. The zero-order valence-electron chi connectivity index (χ0n) is 13.8. The van der Waals surface area contributed by atoms with Crippen LogP contribution in [0.3, 0.4) is 0 Å². The fraction of sp³-hybridized carbons (Fsp3) is 0.611. The zero-order valence-corrected chi connectivity index (χ0v) is 14.5. The largest absolute Gasteiger partial charge is 0.381 e. The fourth-order valence-corrected chi connectivity index (χ4v) is 3.85. The minimum Gasteiger partial charge on any atom is -0.381 e. The molecule has 3 rings (SSSR count). The highest BCUT2D eigenvalue weighted by Gasteiger charge is 2.30. The summed E-state index contributed by atoms with van der Waals surface area (Å²) in [6.45, 7) is 3.58. The van der Waals surface area contributed by atoms with Gasteiger partial charge in [0.15, 0.2) is 0 Å². The molecule has 2 fully saturated rings. The Bertz CT molecular complexity index is 558. The van der Waals surface area contributed by atoms with Crippen molar-refractivity contribution in [1.29, 1.82) is 0 Å². The first kappa shape index (κ1) is 17.6. The second-order valence-electron chi connectivity index (χ2n) is 6.60. The van der Waals surface area contributed by atoms with E-state index in [1.807, 2.05) is 0 Å². The van der Waals surface area contributed by atoms with Gasteiger partial charge in [0.05, 0.1) is 5.92 Å². The van der Waals surface area contributed by atoms with Crippen LogP contribution in [-0.4, -0.2) is 43.2 Å². The maximum atomic E-state index is 13.8. The summed E-state index contributed by atoms with van der Waals surface area (Å²) in [5, 5.41) is 3.21. The number of amides is 1. The molecule has 4 nitrogen and oxygen atoms in total. The van der Waals surface area contributed by atoms with E-state index >= 15 is 0 Å². The first-order chi connectivity index (χ1) is 11.6. The van der Waals surface area contributed by atoms with E-state index in [4.69, 9.17) is 16.3 Å². The third-order valence-corrected chi connectivity index (χ3v) is 5.39. The molecule has 24 heavy (non-hydrogen) atoms. The number of nitrogens with zero attached hydrogens (tertiary/aromatic N) is 1. The smallest absolute Gasteiger partial charge is 0.224 e. The number of likely N-dealkylation sites (tertiary alicyclic amines) is 1. The summed E-state index contributed by atoms with van der Waals surface area (Å²) >= 11 is 6.01. The van der Waals surface area contributed by atoms with Gasteiger partial charge in [0.1, 0.15) is 5.82 Å². The SMILES string of the molecule is O=C(NCc1c(F)cccc1Cl)C1CCCN(C2CCOCC2)C1. The molecule has 1 amide bonds. The summed E-state index contributed by atoms with van der Waals surface area (Å²) in [5.41, 5.74) is 0.351. The van der Waals surface area contributed by atoms with Gasteiger partial charge in [-0.25, -0.2) is 4.39 Å². The Morgan fingerprint density at radius 1 is 1.33 bits per heavy atom. The Morgan fingerprint density at radius 2 is 2.12 bits per heavy atom. The van der Waals surface area contributed by atoms with Crippen molar-refractivity contribution in [3.8, 4) is 0 Å². The summed E-state index contributed by atoms with van der Waals surface area (Å²) in [6.07, 6.45) is 3.99. The van der Waals surface area contributed by atoms with E-state index in [1.54, 1.807) is 12.1 Å². The summed E-state index contributed by atoms with van der Waals surface area (Å²) in [4.78, 5) is 14.9. The number of nitrogens with one attached hydrogen (secondary N) is 1. The van der Waals surface area contributed by atoms with E-state index in [1.165, 1.54) is 6.07 Å². The van der Waals surface area contributed by atoms with Crippen LogP contribution in [0.1, 0.15) is 31.2 Å².